The molecule has 0 aromatic heterocycles. The number of rotatable bonds is 11. The molecule has 2 unspecified atom stereocenters. The van der Waals surface area contributed by atoms with Gasteiger partial charge in [0, 0.05) is 32.5 Å². The average Bonchev–Trinajstić information content (AvgIpc) is 2.45. The number of carbonyl (C=O) groups is 3. The van der Waals surface area contributed by atoms with Crippen LogP contribution in [0.4, 0.5) is 0 Å². The van der Waals surface area contributed by atoms with Crippen molar-refractivity contribution in [3.05, 3.63) is 0 Å². The number of aldehydes is 1. The number of unbranched alkanes of at least 4 members (excludes halogenated alkanes) is 2. The first-order valence-corrected chi connectivity index (χ1v) is 8.46. The van der Waals surface area contributed by atoms with Crippen molar-refractivity contribution in [3.8, 4) is 0 Å². The number of hydrogen-bond donors (Lipinski definition) is 2. The minimum atomic E-state index is -0.526. The Bertz CT molecular complexity index is 361. The predicted octanol–water partition coefficient (Wildman–Crippen LogP) is 2.05. The van der Waals surface area contributed by atoms with Crippen LogP contribution < -0.4 is 5.32 Å². The van der Waals surface area contributed by atoms with Crippen molar-refractivity contribution in [2.75, 3.05) is 13.6 Å². The van der Waals surface area contributed by atoms with Gasteiger partial charge in [-0.15, -0.1) is 0 Å². The summed E-state index contributed by atoms with van der Waals surface area (Å²) in [6.45, 7) is 6.81. The lowest BCUT2D eigenvalue weighted by molar-refractivity contribution is -0.130. The predicted molar refractivity (Wildman–Crippen MR) is 92.0 cm³/mol. The summed E-state index contributed by atoms with van der Waals surface area (Å²) >= 11 is 3.99. The van der Waals surface area contributed by atoms with Gasteiger partial charge >= 0.3 is 0 Å². The summed E-state index contributed by atoms with van der Waals surface area (Å²) in [5, 5.41) is 2.45. The summed E-state index contributed by atoms with van der Waals surface area (Å²) in [6.07, 6.45) is 3.91. The van der Waals surface area contributed by atoms with E-state index in [1.807, 2.05) is 6.92 Å². The molecular formula is C16H30N2O3S. The molecule has 0 heterocycles. The molecule has 2 atom stereocenters. The van der Waals surface area contributed by atoms with Crippen LogP contribution >= 0.6 is 12.6 Å². The molecule has 0 aromatic rings. The Labute approximate surface area is 139 Å². The van der Waals surface area contributed by atoms with Gasteiger partial charge in [0.25, 0.3) is 0 Å². The van der Waals surface area contributed by atoms with E-state index in [2.05, 4.69) is 31.8 Å². The van der Waals surface area contributed by atoms with E-state index in [0.717, 1.165) is 19.3 Å². The molecule has 128 valence electrons. The Morgan fingerprint density at radius 2 is 1.82 bits per heavy atom. The molecular weight excluding hydrogens is 300 g/mol. The molecule has 0 saturated carbocycles. The zero-order chi connectivity index (χ0) is 17.1. The van der Waals surface area contributed by atoms with Crippen molar-refractivity contribution in [2.45, 2.75) is 64.2 Å². The molecule has 0 radical (unpaired) electrons. The number of nitrogens with one attached hydrogen (secondary N) is 1. The summed E-state index contributed by atoms with van der Waals surface area (Å²) in [7, 11) is 1.73. The molecule has 6 heteroatoms. The van der Waals surface area contributed by atoms with E-state index in [-0.39, 0.29) is 24.3 Å². The summed E-state index contributed by atoms with van der Waals surface area (Å²) < 4.78 is 0. The number of nitrogens with zero attached hydrogens (tertiary/aromatic N) is 1. The summed E-state index contributed by atoms with van der Waals surface area (Å²) in [6, 6.07) is 0.197. The molecule has 1 N–H and O–H groups in total. The highest BCUT2D eigenvalue weighted by Crippen LogP contribution is 2.06. The molecule has 0 aliphatic heterocycles. The number of hydrogen-bond acceptors (Lipinski definition) is 4. The standard InChI is InChI=1S/C16H30N2O3S/c1-12(2)13(3)17-15(20)8-6-5-7-9-18(4)16(21)10-14(22)11-19/h11-14,22H,5-10H2,1-4H3,(H,17,20). The lowest BCUT2D eigenvalue weighted by Crippen LogP contribution is -2.35. The molecule has 0 fully saturated rings. The Morgan fingerprint density at radius 3 is 2.36 bits per heavy atom. The minimum Gasteiger partial charge on any atom is -0.353 e. The van der Waals surface area contributed by atoms with Gasteiger partial charge in [0.2, 0.25) is 11.8 Å². The number of amides is 2. The van der Waals surface area contributed by atoms with Crippen LogP contribution in [0.2, 0.25) is 0 Å². The SMILES string of the molecule is CC(C)C(C)NC(=O)CCCCCN(C)C(=O)CC(S)C=O. The van der Waals surface area contributed by atoms with Crippen molar-refractivity contribution in [1.82, 2.24) is 10.2 Å². The van der Waals surface area contributed by atoms with E-state index < -0.39 is 5.25 Å². The fourth-order valence-electron chi connectivity index (χ4n) is 1.81. The van der Waals surface area contributed by atoms with Gasteiger partial charge in [0.05, 0.1) is 5.25 Å². The van der Waals surface area contributed by atoms with Gasteiger partial charge in [0.1, 0.15) is 6.29 Å². The average molecular weight is 330 g/mol. The third-order valence-electron chi connectivity index (χ3n) is 3.75. The van der Waals surface area contributed by atoms with E-state index in [1.165, 1.54) is 0 Å². The third-order valence-corrected chi connectivity index (χ3v) is 4.06. The van der Waals surface area contributed by atoms with Crippen molar-refractivity contribution in [3.63, 3.8) is 0 Å². The van der Waals surface area contributed by atoms with E-state index in [0.29, 0.717) is 25.2 Å². The van der Waals surface area contributed by atoms with Crippen molar-refractivity contribution >= 4 is 30.7 Å². The zero-order valence-electron chi connectivity index (χ0n) is 14.2. The first-order chi connectivity index (χ1) is 10.3. The number of carbonyl (C=O) groups excluding carboxylic acids is 3. The smallest absolute Gasteiger partial charge is 0.223 e. The molecule has 0 aliphatic rings. The second-order valence-corrected chi connectivity index (χ2v) is 6.80. The van der Waals surface area contributed by atoms with Gasteiger partial charge in [-0.25, -0.2) is 0 Å². The Balaban J connectivity index is 3.74. The van der Waals surface area contributed by atoms with Crippen molar-refractivity contribution in [2.24, 2.45) is 5.92 Å². The highest BCUT2D eigenvalue weighted by atomic mass is 32.1. The molecule has 0 spiro atoms. The molecule has 0 saturated heterocycles. The zero-order valence-corrected chi connectivity index (χ0v) is 15.1. The first-order valence-electron chi connectivity index (χ1n) is 7.94. The van der Waals surface area contributed by atoms with Crippen LogP contribution in [-0.2, 0) is 14.4 Å². The van der Waals surface area contributed by atoms with E-state index in [9.17, 15) is 14.4 Å². The van der Waals surface area contributed by atoms with Gasteiger partial charge in [0.15, 0.2) is 0 Å². The molecule has 2 amide bonds. The van der Waals surface area contributed by atoms with Crippen molar-refractivity contribution in [1.29, 1.82) is 0 Å². The summed E-state index contributed by atoms with van der Waals surface area (Å²) in [5.41, 5.74) is 0. The van der Waals surface area contributed by atoms with Crippen LogP contribution in [0.1, 0.15) is 52.9 Å². The van der Waals surface area contributed by atoms with Gasteiger partial charge in [-0.05, 0) is 25.7 Å². The summed E-state index contributed by atoms with van der Waals surface area (Å²) in [5.74, 6) is 0.454. The molecule has 0 rings (SSSR count). The van der Waals surface area contributed by atoms with Crippen LogP contribution in [0.3, 0.4) is 0 Å². The van der Waals surface area contributed by atoms with Crippen LogP contribution in [-0.4, -0.2) is 47.9 Å². The monoisotopic (exact) mass is 330 g/mol. The summed E-state index contributed by atoms with van der Waals surface area (Å²) in [4.78, 5) is 35.5. The quantitative estimate of drug-likeness (QED) is 0.346. The largest absolute Gasteiger partial charge is 0.353 e. The maximum absolute atomic E-state index is 11.7. The van der Waals surface area contributed by atoms with E-state index in [1.54, 1.807) is 11.9 Å². The second-order valence-electron chi connectivity index (χ2n) is 6.13. The van der Waals surface area contributed by atoms with Crippen LogP contribution in [0.15, 0.2) is 0 Å². The molecule has 0 bridgehead atoms. The third kappa shape index (κ3) is 9.82. The van der Waals surface area contributed by atoms with E-state index in [4.69, 9.17) is 0 Å². The fraction of sp³-hybridized carbons (Fsp3) is 0.812. The Kier molecular flexibility index (Phi) is 11.0. The van der Waals surface area contributed by atoms with Crippen LogP contribution in [0.5, 0.6) is 0 Å². The van der Waals surface area contributed by atoms with Crippen molar-refractivity contribution < 1.29 is 14.4 Å². The van der Waals surface area contributed by atoms with Gasteiger partial charge < -0.3 is 15.0 Å². The van der Waals surface area contributed by atoms with Gasteiger partial charge in [-0.3, -0.25) is 9.59 Å². The van der Waals surface area contributed by atoms with Gasteiger partial charge in [-0.1, -0.05) is 20.3 Å². The second kappa shape index (κ2) is 11.5. The topological polar surface area (TPSA) is 66.5 Å². The molecule has 0 aliphatic carbocycles. The molecule has 5 nitrogen and oxygen atoms in total. The highest BCUT2D eigenvalue weighted by molar-refractivity contribution is 7.81. The lowest BCUT2D eigenvalue weighted by atomic mass is 10.1. The lowest BCUT2D eigenvalue weighted by Gasteiger charge is -2.18. The maximum atomic E-state index is 11.7. The number of thiol groups is 1. The van der Waals surface area contributed by atoms with Crippen LogP contribution in [0, 0.1) is 5.92 Å². The van der Waals surface area contributed by atoms with E-state index >= 15 is 0 Å². The Morgan fingerprint density at radius 1 is 1.18 bits per heavy atom. The Hall–Kier alpha value is -1.04. The fourth-order valence-corrected chi connectivity index (χ4v) is 1.97. The highest BCUT2D eigenvalue weighted by Gasteiger charge is 2.13. The molecule has 0 aromatic carbocycles. The minimum absolute atomic E-state index is 0.0735. The maximum Gasteiger partial charge on any atom is 0.223 e. The molecule has 22 heavy (non-hydrogen) atoms. The van der Waals surface area contributed by atoms with Gasteiger partial charge in [-0.2, -0.15) is 12.6 Å². The first kappa shape index (κ1) is 21.0. The normalized spacial score (nSPS) is 13.5. The van der Waals surface area contributed by atoms with Crippen LogP contribution in [0.25, 0.3) is 0 Å².